The average Bonchev–Trinajstić information content (AvgIpc) is 3.41. The normalized spacial score (nSPS) is 11.8. The topological polar surface area (TPSA) is 112 Å². The lowest BCUT2D eigenvalue weighted by Gasteiger charge is -2.17. The second kappa shape index (κ2) is 9.84. The van der Waals surface area contributed by atoms with Crippen LogP contribution in [-0.2, 0) is 16.1 Å². The number of anilines is 1. The Bertz CT molecular complexity index is 997. The summed E-state index contributed by atoms with van der Waals surface area (Å²) in [6.07, 6.45) is 2.42. The van der Waals surface area contributed by atoms with Crippen LogP contribution in [-0.4, -0.2) is 42.3 Å². The minimum absolute atomic E-state index is 0.172. The van der Waals surface area contributed by atoms with Gasteiger partial charge in [0.05, 0.1) is 25.5 Å². The van der Waals surface area contributed by atoms with Gasteiger partial charge in [-0.25, -0.2) is 4.79 Å². The molecule has 1 amide bonds. The first-order chi connectivity index (χ1) is 14.5. The largest absolute Gasteiger partial charge is 0.465 e. The maximum atomic E-state index is 12.7. The van der Waals surface area contributed by atoms with Gasteiger partial charge in [0.1, 0.15) is 0 Å². The van der Waals surface area contributed by atoms with E-state index in [9.17, 15) is 9.59 Å². The fourth-order valence-electron chi connectivity index (χ4n) is 3.05. The molecule has 0 aliphatic heterocycles. The van der Waals surface area contributed by atoms with Crippen molar-refractivity contribution in [1.82, 2.24) is 10.2 Å². The van der Waals surface area contributed by atoms with E-state index in [4.69, 9.17) is 13.6 Å². The van der Waals surface area contributed by atoms with Crippen LogP contribution in [0.1, 0.15) is 35.2 Å². The molecular weight excluding hydrogens is 388 g/mol. The summed E-state index contributed by atoms with van der Waals surface area (Å²) in [5.41, 5.74) is 1.82. The maximum Gasteiger partial charge on any atom is 0.337 e. The van der Waals surface area contributed by atoms with Crippen molar-refractivity contribution in [1.29, 1.82) is 0 Å². The first-order valence-electron chi connectivity index (χ1n) is 9.68. The van der Waals surface area contributed by atoms with Gasteiger partial charge in [0.2, 0.25) is 0 Å². The zero-order valence-corrected chi connectivity index (χ0v) is 17.2. The molecule has 3 rings (SSSR count). The summed E-state index contributed by atoms with van der Waals surface area (Å²) in [7, 11) is 1.32. The lowest BCUT2D eigenvalue weighted by molar-refractivity contribution is -0.907. The summed E-state index contributed by atoms with van der Waals surface area (Å²) in [6.45, 7) is 5.29. The van der Waals surface area contributed by atoms with Crippen LogP contribution in [0.25, 0.3) is 11.7 Å². The van der Waals surface area contributed by atoms with Crippen molar-refractivity contribution in [2.24, 2.45) is 0 Å². The lowest BCUT2D eigenvalue weighted by atomic mass is 10.1. The molecule has 2 N–H and O–H groups in total. The summed E-state index contributed by atoms with van der Waals surface area (Å²) in [4.78, 5) is 25.4. The molecule has 0 saturated heterocycles. The molecule has 9 nitrogen and oxygen atoms in total. The van der Waals surface area contributed by atoms with Crippen molar-refractivity contribution in [2.45, 2.75) is 26.8 Å². The smallest absolute Gasteiger partial charge is 0.337 e. The Morgan fingerprint density at radius 1 is 1.23 bits per heavy atom. The molecule has 2 heterocycles. The van der Waals surface area contributed by atoms with Gasteiger partial charge >= 0.3 is 5.97 Å². The first kappa shape index (κ1) is 21.3. The Kier molecular flexibility index (Phi) is 6.97. The molecule has 9 heteroatoms. The highest BCUT2D eigenvalue weighted by atomic mass is 16.5. The van der Waals surface area contributed by atoms with Gasteiger partial charge in [-0.2, -0.15) is 0 Å². The Morgan fingerprint density at radius 3 is 2.77 bits per heavy atom. The Labute approximate surface area is 174 Å². The van der Waals surface area contributed by atoms with Gasteiger partial charge in [0.25, 0.3) is 17.7 Å². The summed E-state index contributed by atoms with van der Waals surface area (Å²) >= 11 is 0. The number of methoxy groups -OCH3 is 1. The molecule has 30 heavy (non-hydrogen) atoms. The molecule has 158 valence electrons. The molecule has 0 saturated carbocycles. The SMILES string of the molecule is CCC[NH+](CC(=O)Nc1cc(C(=O)OC)ccc1C)Cc1nnc(-c2ccco2)o1. The summed E-state index contributed by atoms with van der Waals surface area (Å²) in [5, 5.41) is 10.9. The van der Waals surface area contributed by atoms with Gasteiger partial charge in [-0.3, -0.25) is 4.79 Å². The lowest BCUT2D eigenvalue weighted by Crippen LogP contribution is -3.11. The molecule has 0 aliphatic rings. The molecule has 1 unspecified atom stereocenters. The van der Waals surface area contributed by atoms with Crippen molar-refractivity contribution in [3.63, 3.8) is 0 Å². The highest BCUT2D eigenvalue weighted by Crippen LogP contribution is 2.18. The highest BCUT2D eigenvalue weighted by Gasteiger charge is 2.20. The number of aromatic nitrogens is 2. The summed E-state index contributed by atoms with van der Waals surface area (Å²) < 4.78 is 15.7. The maximum absolute atomic E-state index is 12.7. The molecular formula is C21H25N4O5+. The van der Waals surface area contributed by atoms with Crippen molar-refractivity contribution in [2.75, 3.05) is 25.5 Å². The number of nitrogens with one attached hydrogen (secondary N) is 2. The molecule has 0 spiro atoms. The number of quaternary nitrogens is 1. The fourth-order valence-corrected chi connectivity index (χ4v) is 3.05. The van der Waals surface area contributed by atoms with Crippen LogP contribution >= 0.6 is 0 Å². The van der Waals surface area contributed by atoms with E-state index in [-0.39, 0.29) is 12.5 Å². The molecule has 0 radical (unpaired) electrons. The van der Waals surface area contributed by atoms with E-state index in [0.29, 0.717) is 35.3 Å². The average molecular weight is 413 g/mol. The monoisotopic (exact) mass is 413 g/mol. The van der Waals surface area contributed by atoms with E-state index in [0.717, 1.165) is 23.4 Å². The van der Waals surface area contributed by atoms with E-state index in [2.05, 4.69) is 15.5 Å². The van der Waals surface area contributed by atoms with E-state index in [1.807, 2.05) is 13.8 Å². The summed E-state index contributed by atoms with van der Waals surface area (Å²) in [5.74, 6) is 0.624. The molecule has 2 aromatic heterocycles. The van der Waals surface area contributed by atoms with Gasteiger partial charge in [-0.15, -0.1) is 10.2 Å². The number of nitrogens with zero attached hydrogens (tertiary/aromatic N) is 2. The number of hydrogen-bond acceptors (Lipinski definition) is 7. The van der Waals surface area contributed by atoms with Crippen molar-refractivity contribution in [3.05, 3.63) is 53.6 Å². The number of benzene rings is 1. The zero-order valence-electron chi connectivity index (χ0n) is 17.2. The van der Waals surface area contributed by atoms with E-state index < -0.39 is 5.97 Å². The predicted octanol–water partition coefficient (Wildman–Crippen LogP) is 1.86. The molecule has 3 aromatic rings. The van der Waals surface area contributed by atoms with Crippen molar-refractivity contribution < 1.29 is 28.1 Å². The molecule has 1 aromatic carbocycles. The number of aryl methyl sites for hydroxylation is 1. The third kappa shape index (κ3) is 5.32. The van der Waals surface area contributed by atoms with E-state index in [1.54, 1.807) is 30.3 Å². The minimum Gasteiger partial charge on any atom is -0.465 e. The molecule has 0 fully saturated rings. The second-order valence-corrected chi connectivity index (χ2v) is 6.90. The zero-order chi connectivity index (χ0) is 21.5. The number of ether oxygens (including phenoxy) is 1. The number of rotatable bonds is 9. The van der Waals surface area contributed by atoms with Gasteiger partial charge in [-0.05, 0) is 43.2 Å². The Hall–Kier alpha value is -3.46. The number of amides is 1. The van der Waals surface area contributed by atoms with Crippen molar-refractivity contribution in [3.8, 4) is 11.7 Å². The summed E-state index contributed by atoms with van der Waals surface area (Å²) in [6, 6.07) is 8.54. The number of carbonyl (C=O) groups excluding carboxylic acids is 2. The number of carbonyl (C=O) groups is 2. The van der Waals surface area contributed by atoms with Crippen LogP contribution < -0.4 is 10.2 Å². The van der Waals surface area contributed by atoms with Crippen LogP contribution in [0.4, 0.5) is 5.69 Å². The Morgan fingerprint density at radius 2 is 2.07 bits per heavy atom. The van der Waals surface area contributed by atoms with Gasteiger partial charge < -0.3 is 23.8 Å². The van der Waals surface area contributed by atoms with Crippen LogP contribution in [0, 0.1) is 6.92 Å². The number of hydrogen-bond donors (Lipinski definition) is 2. The van der Waals surface area contributed by atoms with Crippen LogP contribution in [0.15, 0.2) is 45.4 Å². The fraction of sp³-hybridized carbons (Fsp3) is 0.333. The quantitative estimate of drug-likeness (QED) is 0.515. The standard InChI is InChI=1S/C21H24N4O5/c1-4-9-25(13-19-23-24-20(30-19)17-6-5-10-29-17)12-18(26)22-16-11-15(21(27)28-3)8-7-14(16)2/h5-8,10-11H,4,9,12-13H2,1-3H3,(H,22,26)/p+1. The first-order valence-corrected chi connectivity index (χ1v) is 9.68. The Balaban J connectivity index is 1.65. The second-order valence-electron chi connectivity index (χ2n) is 6.90. The third-order valence-corrected chi connectivity index (χ3v) is 4.55. The van der Waals surface area contributed by atoms with E-state index in [1.165, 1.54) is 13.4 Å². The molecule has 1 atom stereocenters. The molecule has 0 aliphatic carbocycles. The van der Waals surface area contributed by atoms with Gasteiger partial charge in [0, 0.05) is 5.69 Å². The van der Waals surface area contributed by atoms with Gasteiger partial charge in [-0.1, -0.05) is 13.0 Å². The van der Waals surface area contributed by atoms with Crippen LogP contribution in [0.2, 0.25) is 0 Å². The number of furan rings is 1. The highest BCUT2D eigenvalue weighted by molar-refractivity contribution is 5.95. The predicted molar refractivity (Wildman–Crippen MR) is 108 cm³/mol. The van der Waals surface area contributed by atoms with Crippen LogP contribution in [0.5, 0.6) is 0 Å². The van der Waals surface area contributed by atoms with E-state index >= 15 is 0 Å². The number of esters is 1. The molecule has 0 bridgehead atoms. The van der Waals surface area contributed by atoms with Crippen molar-refractivity contribution >= 4 is 17.6 Å². The van der Waals surface area contributed by atoms with Crippen LogP contribution in [0.3, 0.4) is 0 Å². The minimum atomic E-state index is -0.451. The van der Waals surface area contributed by atoms with Gasteiger partial charge in [0.15, 0.2) is 18.8 Å². The third-order valence-electron chi connectivity index (χ3n) is 4.55.